The zero-order valence-corrected chi connectivity index (χ0v) is 19.6. The quantitative estimate of drug-likeness (QED) is 0.240. The second-order valence-electron chi connectivity index (χ2n) is 7.20. The van der Waals surface area contributed by atoms with Crippen molar-refractivity contribution in [3.63, 3.8) is 0 Å². The molecule has 2 aliphatic rings. The number of aromatic nitrogens is 8. The van der Waals surface area contributed by atoms with Gasteiger partial charge in [-0.3, -0.25) is 14.5 Å². The van der Waals surface area contributed by atoms with Crippen molar-refractivity contribution in [2.75, 3.05) is 11.5 Å². The van der Waals surface area contributed by atoms with E-state index in [1.165, 1.54) is 44.4 Å². The molecule has 3 aromatic heterocycles. The molecule has 5 rings (SSSR count). The number of aromatic amines is 1. The van der Waals surface area contributed by atoms with Crippen LogP contribution in [0.5, 0.6) is 0 Å². The van der Waals surface area contributed by atoms with Crippen LogP contribution < -0.4 is 5.32 Å². The smallest absolute Gasteiger partial charge is 0.352 e. The van der Waals surface area contributed by atoms with Crippen LogP contribution in [0.25, 0.3) is 0 Å². The Labute approximate surface area is 203 Å². The first kappa shape index (κ1) is 22.5. The molecule has 3 aromatic rings. The van der Waals surface area contributed by atoms with Gasteiger partial charge in [0.2, 0.25) is 11.1 Å². The van der Waals surface area contributed by atoms with Crippen LogP contribution in [-0.4, -0.2) is 91.5 Å². The summed E-state index contributed by atoms with van der Waals surface area (Å²) in [6, 6.07) is 2.96. The molecule has 0 saturated carbocycles. The summed E-state index contributed by atoms with van der Waals surface area (Å²) in [6.07, 6.45) is 0.181. The summed E-state index contributed by atoms with van der Waals surface area (Å²) < 4.78 is 1.48. The van der Waals surface area contributed by atoms with Crippen LogP contribution in [0.3, 0.4) is 0 Å². The lowest BCUT2D eigenvalue weighted by Crippen LogP contribution is -2.70. The number of carbonyl (C=O) groups is 3. The molecule has 0 aromatic carbocycles. The molecule has 34 heavy (non-hydrogen) atoms. The largest absolute Gasteiger partial charge is 0.477 e. The monoisotopic (exact) mass is 520 g/mol. The highest BCUT2D eigenvalue weighted by molar-refractivity contribution is 8.01. The fraction of sp³-hybridized carbons (Fsp3) is 0.353. The summed E-state index contributed by atoms with van der Waals surface area (Å²) in [7, 11) is 0. The second-order valence-corrected chi connectivity index (χ2v) is 10.3. The van der Waals surface area contributed by atoms with Gasteiger partial charge in [-0.25, -0.2) is 9.48 Å². The van der Waals surface area contributed by atoms with Gasteiger partial charge in [0, 0.05) is 16.4 Å². The van der Waals surface area contributed by atoms with Crippen LogP contribution >= 0.6 is 34.9 Å². The SMILES string of the molecule is O=C(Cc1cccs1)NC1C(=O)N2C(C(=O)O)=C(CSc3nnnn3Cc3nn[nH]n3)CS[C@@H]12. The number of β-lactam (4-membered cyclic amide) rings is 1. The van der Waals surface area contributed by atoms with Gasteiger partial charge in [0.05, 0.1) is 6.42 Å². The maximum Gasteiger partial charge on any atom is 0.352 e. The van der Waals surface area contributed by atoms with Crippen LogP contribution in [0.1, 0.15) is 10.7 Å². The fourth-order valence-corrected chi connectivity index (χ4v) is 6.59. The van der Waals surface area contributed by atoms with Crippen molar-refractivity contribution < 1.29 is 19.5 Å². The lowest BCUT2D eigenvalue weighted by molar-refractivity contribution is -0.150. The Hall–Kier alpha value is -3.31. The average molecular weight is 521 g/mol. The maximum atomic E-state index is 12.8. The zero-order valence-electron chi connectivity index (χ0n) is 17.2. The molecular weight excluding hydrogens is 504 g/mol. The van der Waals surface area contributed by atoms with Gasteiger partial charge in [0.25, 0.3) is 5.91 Å². The van der Waals surface area contributed by atoms with Crippen LogP contribution in [0, 0.1) is 0 Å². The van der Waals surface area contributed by atoms with E-state index in [4.69, 9.17) is 0 Å². The number of carbonyl (C=O) groups excluding carboxylic acids is 2. The number of nitrogens with one attached hydrogen (secondary N) is 2. The fourth-order valence-electron chi connectivity index (χ4n) is 3.52. The van der Waals surface area contributed by atoms with Crippen LogP contribution in [0.15, 0.2) is 33.9 Å². The predicted molar refractivity (Wildman–Crippen MR) is 120 cm³/mol. The molecule has 0 spiro atoms. The van der Waals surface area contributed by atoms with E-state index in [1.54, 1.807) is 0 Å². The Kier molecular flexibility index (Phi) is 6.29. The number of amides is 2. The molecule has 1 unspecified atom stereocenters. The van der Waals surface area contributed by atoms with E-state index >= 15 is 0 Å². The van der Waals surface area contributed by atoms with Gasteiger partial charge < -0.3 is 10.4 Å². The number of tetrazole rings is 2. The highest BCUT2D eigenvalue weighted by Gasteiger charge is 2.54. The Morgan fingerprint density at radius 3 is 2.97 bits per heavy atom. The number of aliphatic carboxylic acids is 1. The number of H-pyrrole nitrogens is 1. The third-order valence-electron chi connectivity index (χ3n) is 5.04. The molecule has 3 N–H and O–H groups in total. The summed E-state index contributed by atoms with van der Waals surface area (Å²) >= 11 is 4.12. The van der Waals surface area contributed by atoms with Gasteiger partial charge in [0.1, 0.15) is 23.7 Å². The van der Waals surface area contributed by atoms with E-state index in [0.717, 1.165) is 4.88 Å². The Bertz CT molecular complexity index is 1240. The molecule has 0 bridgehead atoms. The van der Waals surface area contributed by atoms with Crippen molar-refractivity contribution in [1.29, 1.82) is 0 Å². The summed E-state index contributed by atoms with van der Waals surface area (Å²) in [5.41, 5.74) is 0.520. The van der Waals surface area contributed by atoms with Gasteiger partial charge in [-0.1, -0.05) is 23.0 Å². The molecule has 1 fully saturated rings. The summed E-state index contributed by atoms with van der Waals surface area (Å²) in [4.78, 5) is 39.3. The second kappa shape index (κ2) is 9.51. The number of thioether (sulfide) groups is 2. The normalized spacial score (nSPS) is 19.6. The number of nitrogens with zero attached hydrogens (tertiary/aromatic N) is 8. The molecule has 1 saturated heterocycles. The summed E-state index contributed by atoms with van der Waals surface area (Å²) in [5.74, 6) is -0.826. The van der Waals surface area contributed by atoms with Gasteiger partial charge in [-0.05, 0) is 27.4 Å². The first-order valence-electron chi connectivity index (χ1n) is 9.84. The van der Waals surface area contributed by atoms with Gasteiger partial charge in [-0.15, -0.1) is 38.4 Å². The molecule has 0 aliphatic carbocycles. The Balaban J connectivity index is 1.26. The molecule has 17 heteroatoms. The van der Waals surface area contributed by atoms with Crippen molar-refractivity contribution in [3.8, 4) is 0 Å². The molecule has 2 atom stereocenters. The lowest BCUT2D eigenvalue weighted by Gasteiger charge is -2.49. The average Bonchev–Trinajstić information content (AvgIpc) is 3.59. The molecule has 0 radical (unpaired) electrons. The minimum absolute atomic E-state index is 0.0535. The number of rotatable bonds is 9. The minimum atomic E-state index is -1.19. The van der Waals surface area contributed by atoms with E-state index in [2.05, 4.69) is 41.5 Å². The number of carboxylic acid groups (broad SMARTS) is 1. The first-order valence-corrected chi connectivity index (χ1v) is 12.8. The standard InChI is InChI=1S/C17H16N10O4S3/c28-11(4-9-2-1-3-32-9)18-12-14(29)27-13(16(30)31)8(6-33-15(12)27)7-34-17-21-24-25-26(17)5-10-19-22-23-20-10/h1-3,12,15H,4-7H2,(H,18,28)(H,30,31)(H,19,20,22,23)/t12?,15-/m0/s1. The van der Waals surface area contributed by atoms with Crippen molar-refractivity contribution in [3.05, 3.63) is 39.5 Å². The van der Waals surface area contributed by atoms with Crippen LogP contribution in [-0.2, 0) is 27.3 Å². The van der Waals surface area contributed by atoms with E-state index in [1.807, 2.05) is 17.5 Å². The van der Waals surface area contributed by atoms with Crippen molar-refractivity contribution in [2.24, 2.45) is 0 Å². The Morgan fingerprint density at radius 2 is 2.24 bits per heavy atom. The summed E-state index contributed by atoms with van der Waals surface area (Å²) in [6.45, 7) is 0.199. The first-order chi connectivity index (χ1) is 16.5. The highest BCUT2D eigenvalue weighted by Crippen LogP contribution is 2.41. The van der Waals surface area contributed by atoms with E-state index < -0.39 is 23.3 Å². The van der Waals surface area contributed by atoms with Crippen LogP contribution in [0.4, 0.5) is 0 Å². The number of hydrogen-bond acceptors (Lipinski definition) is 12. The molecule has 176 valence electrons. The predicted octanol–water partition coefficient (Wildman–Crippen LogP) is -0.631. The zero-order chi connectivity index (χ0) is 23.7. The molecular formula is C17H16N10O4S3. The van der Waals surface area contributed by atoms with E-state index in [9.17, 15) is 19.5 Å². The Morgan fingerprint density at radius 1 is 1.35 bits per heavy atom. The molecule has 5 heterocycles. The van der Waals surface area contributed by atoms with E-state index in [0.29, 0.717) is 22.3 Å². The van der Waals surface area contributed by atoms with Crippen molar-refractivity contribution >= 4 is 52.6 Å². The molecule has 2 amide bonds. The van der Waals surface area contributed by atoms with Gasteiger partial charge in [-0.2, -0.15) is 5.21 Å². The highest BCUT2D eigenvalue weighted by atomic mass is 32.2. The lowest BCUT2D eigenvalue weighted by atomic mass is 10.0. The van der Waals surface area contributed by atoms with Crippen molar-refractivity contribution in [1.82, 2.24) is 51.0 Å². The third-order valence-corrected chi connectivity index (χ3v) is 8.30. The topological polar surface area (TPSA) is 185 Å². The van der Waals surface area contributed by atoms with E-state index in [-0.39, 0.29) is 30.3 Å². The maximum absolute atomic E-state index is 12.8. The number of thiophene rings is 1. The van der Waals surface area contributed by atoms with Crippen LogP contribution in [0.2, 0.25) is 0 Å². The minimum Gasteiger partial charge on any atom is -0.477 e. The van der Waals surface area contributed by atoms with Crippen molar-refractivity contribution in [2.45, 2.75) is 29.5 Å². The number of fused-ring (bicyclic) bond motifs is 1. The molecule has 2 aliphatic heterocycles. The number of hydrogen-bond donors (Lipinski definition) is 3. The summed E-state index contributed by atoms with van der Waals surface area (Å²) in [5, 5.41) is 39.5. The third kappa shape index (κ3) is 4.40. The van der Waals surface area contributed by atoms with Gasteiger partial charge >= 0.3 is 5.97 Å². The van der Waals surface area contributed by atoms with Gasteiger partial charge in [0.15, 0.2) is 5.82 Å². The number of carboxylic acids is 1. The molecule has 14 nitrogen and oxygen atoms in total.